The Bertz CT molecular complexity index is 830. The number of rotatable bonds is 6. The summed E-state index contributed by atoms with van der Waals surface area (Å²) in [6.07, 6.45) is 2.68. The predicted molar refractivity (Wildman–Crippen MR) is 83.3 cm³/mol. The molecule has 3 N–H and O–H groups in total. The number of nitrogens with one attached hydrogen (secondary N) is 2. The first kappa shape index (κ1) is 17.4. The Labute approximate surface area is 137 Å². The van der Waals surface area contributed by atoms with Gasteiger partial charge in [0.15, 0.2) is 5.78 Å². The van der Waals surface area contributed by atoms with E-state index in [2.05, 4.69) is 5.32 Å². The van der Waals surface area contributed by atoms with E-state index in [-0.39, 0.29) is 28.0 Å². The molecule has 1 aromatic heterocycles. The number of carbonyl (C=O) groups excluding carboxylic acids is 2. The van der Waals surface area contributed by atoms with Crippen LogP contribution in [0.4, 0.5) is 4.39 Å². The summed E-state index contributed by atoms with van der Waals surface area (Å²) < 4.78 is 18.2. The summed E-state index contributed by atoms with van der Waals surface area (Å²) in [4.78, 5) is 24.4. The van der Waals surface area contributed by atoms with Gasteiger partial charge in [0, 0.05) is 6.54 Å². The molecule has 1 amide bonds. The zero-order chi connectivity index (χ0) is 17.7. The lowest BCUT2D eigenvalue weighted by Crippen LogP contribution is -2.29. The van der Waals surface area contributed by atoms with Crippen LogP contribution in [0.3, 0.4) is 0 Å². The molecule has 0 aliphatic rings. The molecule has 1 heterocycles. The molecular weight excluding hydrogens is 315 g/mol. The van der Waals surface area contributed by atoms with Crippen molar-refractivity contribution in [2.45, 2.75) is 19.8 Å². The Morgan fingerprint density at radius 3 is 2.75 bits per heavy atom. The largest absolute Gasteiger partial charge is 0.507 e. The van der Waals surface area contributed by atoms with Crippen LogP contribution in [0.25, 0.3) is 0 Å². The second-order valence-corrected chi connectivity index (χ2v) is 5.18. The molecule has 6 nitrogen and oxygen atoms in total. The van der Waals surface area contributed by atoms with Gasteiger partial charge in [-0.1, -0.05) is 13.3 Å². The topological polar surface area (TPSA) is 103 Å². The molecule has 0 saturated heterocycles. The molecule has 2 aromatic rings. The Hall–Kier alpha value is -2.96. The average molecular weight is 332 g/mol. The van der Waals surface area contributed by atoms with Crippen molar-refractivity contribution >= 4 is 11.7 Å². The zero-order valence-corrected chi connectivity index (χ0v) is 13.1. The van der Waals surface area contributed by atoms with Gasteiger partial charge in [0.25, 0.3) is 5.91 Å². The molecule has 2 rings (SSSR count). The van der Waals surface area contributed by atoms with E-state index in [1.165, 1.54) is 6.07 Å². The minimum Gasteiger partial charge on any atom is -0.507 e. The maximum atomic E-state index is 13.3. The number of carbonyl (C=O) groups is 2. The lowest BCUT2D eigenvalue weighted by atomic mass is 10.0. The third-order valence-corrected chi connectivity index (χ3v) is 3.37. The number of ketones is 1. The fraction of sp³-hybridized carbons (Fsp3) is 0.235. The van der Waals surface area contributed by atoms with E-state index in [0.29, 0.717) is 6.54 Å². The molecule has 24 heavy (non-hydrogen) atoms. The summed E-state index contributed by atoms with van der Waals surface area (Å²) in [5, 5.41) is 20.0. The van der Waals surface area contributed by atoms with E-state index in [1.807, 2.05) is 6.92 Å². The summed E-state index contributed by atoms with van der Waals surface area (Å²) >= 11 is 0. The average Bonchev–Trinajstić information content (AvgIpc) is 2.57. The number of phenols is 1. The number of amides is 1. The minimum absolute atomic E-state index is 0.0625. The predicted octanol–water partition coefficient (Wildman–Crippen LogP) is 2.36. The van der Waals surface area contributed by atoms with Crippen molar-refractivity contribution in [2.75, 3.05) is 6.54 Å². The van der Waals surface area contributed by atoms with Crippen molar-refractivity contribution in [1.82, 2.24) is 5.32 Å². The second-order valence-electron chi connectivity index (χ2n) is 5.18. The van der Waals surface area contributed by atoms with Crippen molar-refractivity contribution < 1.29 is 23.5 Å². The van der Waals surface area contributed by atoms with E-state index < -0.39 is 17.5 Å². The summed E-state index contributed by atoms with van der Waals surface area (Å²) in [5.74, 6) is -2.30. The van der Waals surface area contributed by atoms with Crippen LogP contribution in [-0.4, -0.2) is 23.3 Å². The number of benzene rings is 1. The van der Waals surface area contributed by atoms with Gasteiger partial charge in [0.2, 0.25) is 5.55 Å². The van der Waals surface area contributed by atoms with Crippen LogP contribution in [0.1, 0.15) is 46.0 Å². The van der Waals surface area contributed by atoms with Crippen LogP contribution < -0.4 is 10.9 Å². The number of phenolic OH excluding ortho intramolecular Hbond substituents is 1. The molecule has 1 aromatic carbocycles. The molecule has 0 fully saturated rings. The fourth-order valence-corrected chi connectivity index (χ4v) is 2.05. The van der Waals surface area contributed by atoms with Gasteiger partial charge in [-0.15, -0.1) is 0 Å². The summed E-state index contributed by atoms with van der Waals surface area (Å²) in [7, 11) is 0. The second kappa shape index (κ2) is 7.54. The molecule has 0 aliphatic carbocycles. The van der Waals surface area contributed by atoms with Crippen LogP contribution in [-0.2, 0) is 0 Å². The van der Waals surface area contributed by atoms with Crippen LogP contribution >= 0.6 is 0 Å². The Morgan fingerprint density at radius 1 is 1.29 bits per heavy atom. The number of hydrogen-bond donors (Lipinski definition) is 3. The maximum absolute atomic E-state index is 13.3. The smallest absolute Gasteiger partial charge is 0.256 e. The highest BCUT2D eigenvalue weighted by Crippen LogP contribution is 2.21. The van der Waals surface area contributed by atoms with Crippen LogP contribution in [0, 0.1) is 11.2 Å². The van der Waals surface area contributed by atoms with E-state index in [0.717, 1.165) is 37.3 Å². The Balaban J connectivity index is 2.33. The maximum Gasteiger partial charge on any atom is 0.256 e. The SMILES string of the molecule is CCCCNC(=O)c1cc(C(=O)c2cc(F)ccc2O)coc1=N. The van der Waals surface area contributed by atoms with Gasteiger partial charge in [0.05, 0.1) is 11.1 Å². The Morgan fingerprint density at radius 2 is 2.04 bits per heavy atom. The van der Waals surface area contributed by atoms with E-state index in [9.17, 15) is 19.1 Å². The van der Waals surface area contributed by atoms with Crippen molar-refractivity contribution in [3.8, 4) is 5.75 Å². The van der Waals surface area contributed by atoms with Crippen LogP contribution in [0.2, 0.25) is 0 Å². The molecule has 0 bridgehead atoms. The van der Waals surface area contributed by atoms with Crippen molar-refractivity contribution in [2.24, 2.45) is 0 Å². The van der Waals surface area contributed by atoms with Gasteiger partial charge in [-0.25, -0.2) is 4.39 Å². The standard InChI is InChI=1S/C17H17FN2O4/c1-2-3-6-20-17(23)13-7-10(9-24-16(13)19)15(22)12-8-11(18)4-5-14(12)21/h4-5,7-9,19,21H,2-3,6H2,1H3,(H,20,23). The van der Waals surface area contributed by atoms with Crippen LogP contribution in [0.15, 0.2) is 34.9 Å². The zero-order valence-electron chi connectivity index (χ0n) is 13.1. The number of halogens is 1. The molecule has 0 aliphatic heterocycles. The number of aromatic hydroxyl groups is 1. The first-order valence-electron chi connectivity index (χ1n) is 7.43. The summed E-state index contributed by atoms with van der Waals surface area (Å²) in [6, 6.07) is 4.18. The van der Waals surface area contributed by atoms with E-state index in [4.69, 9.17) is 9.83 Å². The van der Waals surface area contributed by atoms with Gasteiger partial charge in [0.1, 0.15) is 23.4 Å². The highest BCUT2D eigenvalue weighted by atomic mass is 19.1. The van der Waals surface area contributed by atoms with E-state index in [1.54, 1.807) is 0 Å². The van der Waals surface area contributed by atoms with Crippen LogP contribution in [0.5, 0.6) is 5.75 Å². The fourth-order valence-electron chi connectivity index (χ4n) is 2.05. The monoisotopic (exact) mass is 332 g/mol. The van der Waals surface area contributed by atoms with Crippen molar-refractivity contribution in [3.05, 3.63) is 58.6 Å². The molecule has 0 saturated carbocycles. The Kier molecular flexibility index (Phi) is 5.47. The minimum atomic E-state index is -0.710. The molecule has 126 valence electrons. The van der Waals surface area contributed by atoms with Crippen molar-refractivity contribution in [3.63, 3.8) is 0 Å². The molecule has 0 unspecified atom stereocenters. The molecule has 0 spiro atoms. The molecular formula is C17H17FN2O4. The highest BCUT2D eigenvalue weighted by molar-refractivity contribution is 6.11. The summed E-state index contributed by atoms with van der Waals surface area (Å²) in [5.41, 5.74) is -0.801. The lowest BCUT2D eigenvalue weighted by Gasteiger charge is -2.07. The lowest BCUT2D eigenvalue weighted by molar-refractivity contribution is 0.0948. The highest BCUT2D eigenvalue weighted by Gasteiger charge is 2.18. The van der Waals surface area contributed by atoms with Gasteiger partial charge < -0.3 is 14.8 Å². The van der Waals surface area contributed by atoms with Gasteiger partial charge in [-0.05, 0) is 30.7 Å². The van der Waals surface area contributed by atoms with E-state index >= 15 is 0 Å². The normalized spacial score (nSPS) is 10.4. The third kappa shape index (κ3) is 3.87. The van der Waals surface area contributed by atoms with Gasteiger partial charge in [-0.3, -0.25) is 15.0 Å². The number of hydrogen-bond acceptors (Lipinski definition) is 5. The summed E-state index contributed by atoms with van der Waals surface area (Å²) in [6.45, 7) is 2.42. The first-order valence-corrected chi connectivity index (χ1v) is 7.43. The molecule has 7 heteroatoms. The van der Waals surface area contributed by atoms with Crippen molar-refractivity contribution in [1.29, 1.82) is 5.41 Å². The first-order chi connectivity index (χ1) is 11.4. The molecule has 0 atom stereocenters. The van der Waals surface area contributed by atoms with Gasteiger partial charge in [-0.2, -0.15) is 0 Å². The van der Waals surface area contributed by atoms with Gasteiger partial charge >= 0.3 is 0 Å². The molecule has 0 radical (unpaired) electrons. The number of unbranched alkanes of at least 4 members (excludes halogenated alkanes) is 1. The third-order valence-electron chi connectivity index (χ3n) is 3.37. The quantitative estimate of drug-likeness (QED) is 0.558.